The molecule has 0 saturated carbocycles. The third-order valence-electron chi connectivity index (χ3n) is 1.96. The van der Waals surface area contributed by atoms with Crippen LogP contribution in [0.4, 0.5) is 0 Å². The molecular formula is C11H14Cl2. The second-order valence-corrected chi connectivity index (χ2v) is 4.48. The summed E-state index contributed by atoms with van der Waals surface area (Å²) in [5, 5.41) is 1.09. The lowest BCUT2D eigenvalue weighted by atomic mass is 10.1. The molecule has 0 heterocycles. The van der Waals surface area contributed by atoms with Gasteiger partial charge in [-0.1, -0.05) is 23.7 Å². The predicted octanol–water partition coefficient (Wildman–Crippen LogP) is 4.29. The van der Waals surface area contributed by atoms with Crippen LogP contribution in [0.3, 0.4) is 0 Å². The van der Waals surface area contributed by atoms with Gasteiger partial charge in [0.15, 0.2) is 0 Å². The number of benzene rings is 1. The summed E-state index contributed by atoms with van der Waals surface area (Å²) in [6.07, 6.45) is 3.26. The summed E-state index contributed by atoms with van der Waals surface area (Å²) in [6.45, 7) is 2.03. The van der Waals surface area contributed by atoms with Gasteiger partial charge in [-0.05, 0) is 43.9 Å². The Morgan fingerprint density at radius 3 is 2.77 bits per heavy atom. The van der Waals surface area contributed by atoms with Gasteiger partial charge in [0, 0.05) is 10.4 Å². The lowest BCUT2D eigenvalue weighted by Crippen LogP contribution is -1.92. The molecule has 1 aromatic rings. The molecule has 0 aromatic heterocycles. The van der Waals surface area contributed by atoms with Crippen LogP contribution >= 0.6 is 23.2 Å². The van der Waals surface area contributed by atoms with Gasteiger partial charge < -0.3 is 0 Å². The second-order valence-electron chi connectivity index (χ2n) is 3.30. The molecule has 0 amide bonds. The van der Waals surface area contributed by atoms with Crippen LogP contribution in [0.1, 0.15) is 25.3 Å². The van der Waals surface area contributed by atoms with E-state index in [9.17, 15) is 0 Å². The van der Waals surface area contributed by atoms with E-state index in [-0.39, 0.29) is 5.38 Å². The molecule has 0 nitrogen and oxygen atoms in total. The van der Waals surface area contributed by atoms with E-state index in [0.29, 0.717) is 0 Å². The molecule has 0 aliphatic rings. The minimum Gasteiger partial charge on any atom is -0.123 e. The Balaban J connectivity index is 2.37. The van der Waals surface area contributed by atoms with Gasteiger partial charge in [0.25, 0.3) is 0 Å². The van der Waals surface area contributed by atoms with Crippen molar-refractivity contribution in [1.82, 2.24) is 0 Å². The highest BCUT2D eigenvalue weighted by Crippen LogP contribution is 2.14. The first-order valence-electron chi connectivity index (χ1n) is 4.57. The Bertz CT molecular complexity index is 256. The fraction of sp³-hybridized carbons (Fsp3) is 0.455. The molecule has 0 fully saturated rings. The van der Waals surface area contributed by atoms with Crippen LogP contribution in [-0.2, 0) is 6.42 Å². The standard InChI is InChI=1S/C11H14Cl2/c1-9(12)4-2-5-10-6-3-7-11(13)8-10/h3,6-9H,2,4-5H2,1H3. The van der Waals surface area contributed by atoms with Gasteiger partial charge in [-0.3, -0.25) is 0 Å². The molecule has 72 valence electrons. The van der Waals surface area contributed by atoms with E-state index >= 15 is 0 Å². The van der Waals surface area contributed by atoms with Crippen LogP contribution in [0.15, 0.2) is 24.3 Å². The summed E-state index contributed by atoms with van der Waals surface area (Å²) in [6, 6.07) is 8.00. The Hall–Kier alpha value is -0.200. The first kappa shape index (κ1) is 10.9. The van der Waals surface area contributed by atoms with E-state index in [1.165, 1.54) is 5.56 Å². The van der Waals surface area contributed by atoms with Crippen LogP contribution in [0.2, 0.25) is 5.02 Å². The van der Waals surface area contributed by atoms with Gasteiger partial charge in [0.1, 0.15) is 0 Å². The van der Waals surface area contributed by atoms with Crippen molar-refractivity contribution in [3.05, 3.63) is 34.9 Å². The summed E-state index contributed by atoms with van der Waals surface area (Å²) in [7, 11) is 0. The van der Waals surface area contributed by atoms with Crippen molar-refractivity contribution < 1.29 is 0 Å². The Morgan fingerprint density at radius 1 is 1.38 bits per heavy atom. The zero-order valence-electron chi connectivity index (χ0n) is 7.76. The van der Waals surface area contributed by atoms with Gasteiger partial charge in [0.05, 0.1) is 0 Å². The molecule has 0 N–H and O–H groups in total. The van der Waals surface area contributed by atoms with Crippen LogP contribution in [0, 0.1) is 0 Å². The van der Waals surface area contributed by atoms with E-state index in [0.717, 1.165) is 24.3 Å². The Morgan fingerprint density at radius 2 is 2.15 bits per heavy atom. The fourth-order valence-corrected chi connectivity index (χ4v) is 1.65. The molecule has 0 bridgehead atoms. The van der Waals surface area contributed by atoms with E-state index in [1.807, 2.05) is 25.1 Å². The van der Waals surface area contributed by atoms with Gasteiger partial charge in [0.2, 0.25) is 0 Å². The topological polar surface area (TPSA) is 0 Å². The highest BCUT2D eigenvalue weighted by molar-refractivity contribution is 6.30. The largest absolute Gasteiger partial charge is 0.123 e. The van der Waals surface area contributed by atoms with Crippen molar-refractivity contribution in [2.45, 2.75) is 31.6 Å². The zero-order valence-corrected chi connectivity index (χ0v) is 9.28. The molecule has 1 rings (SSSR count). The van der Waals surface area contributed by atoms with E-state index in [1.54, 1.807) is 0 Å². The third kappa shape index (κ3) is 4.54. The Kier molecular flexibility index (Phi) is 4.61. The summed E-state index contributed by atoms with van der Waals surface area (Å²) >= 11 is 11.7. The van der Waals surface area contributed by atoms with Crippen molar-refractivity contribution in [1.29, 1.82) is 0 Å². The van der Waals surface area contributed by atoms with Crippen molar-refractivity contribution in [2.24, 2.45) is 0 Å². The lowest BCUT2D eigenvalue weighted by molar-refractivity contribution is 0.724. The molecule has 0 aliphatic heterocycles. The van der Waals surface area contributed by atoms with Crippen LogP contribution in [0.5, 0.6) is 0 Å². The molecule has 13 heavy (non-hydrogen) atoms. The molecule has 2 heteroatoms. The highest BCUT2D eigenvalue weighted by Gasteiger charge is 1.98. The minimum absolute atomic E-state index is 0.277. The molecular weight excluding hydrogens is 203 g/mol. The fourth-order valence-electron chi connectivity index (χ4n) is 1.28. The number of hydrogen-bond donors (Lipinski definition) is 0. The molecule has 0 aliphatic carbocycles. The average Bonchev–Trinajstić information content (AvgIpc) is 2.03. The lowest BCUT2D eigenvalue weighted by Gasteiger charge is -2.03. The molecule has 1 atom stereocenters. The maximum absolute atomic E-state index is 5.86. The predicted molar refractivity (Wildman–Crippen MR) is 59.7 cm³/mol. The van der Waals surface area contributed by atoms with Gasteiger partial charge in [-0.25, -0.2) is 0 Å². The quantitative estimate of drug-likeness (QED) is 0.660. The van der Waals surface area contributed by atoms with E-state index in [4.69, 9.17) is 23.2 Å². The van der Waals surface area contributed by atoms with Gasteiger partial charge in [-0.2, -0.15) is 0 Å². The summed E-state index contributed by atoms with van der Waals surface area (Å²) in [5.74, 6) is 0. The highest BCUT2D eigenvalue weighted by atomic mass is 35.5. The van der Waals surface area contributed by atoms with Crippen molar-refractivity contribution in [3.8, 4) is 0 Å². The van der Waals surface area contributed by atoms with E-state index < -0.39 is 0 Å². The summed E-state index contributed by atoms with van der Waals surface area (Å²) in [5.41, 5.74) is 1.30. The maximum Gasteiger partial charge on any atom is 0.0408 e. The van der Waals surface area contributed by atoms with Crippen molar-refractivity contribution in [2.75, 3.05) is 0 Å². The Labute approximate surface area is 89.9 Å². The number of alkyl halides is 1. The summed E-state index contributed by atoms with van der Waals surface area (Å²) in [4.78, 5) is 0. The van der Waals surface area contributed by atoms with Crippen molar-refractivity contribution in [3.63, 3.8) is 0 Å². The number of halogens is 2. The molecule has 0 spiro atoms. The number of rotatable bonds is 4. The average molecular weight is 217 g/mol. The van der Waals surface area contributed by atoms with Gasteiger partial charge >= 0.3 is 0 Å². The van der Waals surface area contributed by atoms with Gasteiger partial charge in [-0.15, -0.1) is 11.6 Å². The SMILES string of the molecule is CC(Cl)CCCc1cccc(Cl)c1. The molecule has 1 aromatic carbocycles. The third-order valence-corrected chi connectivity index (χ3v) is 2.41. The smallest absolute Gasteiger partial charge is 0.0408 e. The first-order valence-corrected chi connectivity index (χ1v) is 5.38. The molecule has 1 unspecified atom stereocenters. The number of hydrogen-bond acceptors (Lipinski definition) is 0. The zero-order chi connectivity index (χ0) is 9.68. The van der Waals surface area contributed by atoms with E-state index in [2.05, 4.69) is 6.07 Å². The monoisotopic (exact) mass is 216 g/mol. The number of aryl methyl sites for hydroxylation is 1. The van der Waals surface area contributed by atoms with Crippen LogP contribution < -0.4 is 0 Å². The van der Waals surface area contributed by atoms with Crippen LogP contribution in [0.25, 0.3) is 0 Å². The van der Waals surface area contributed by atoms with Crippen LogP contribution in [-0.4, -0.2) is 5.38 Å². The van der Waals surface area contributed by atoms with Crippen molar-refractivity contribution >= 4 is 23.2 Å². The maximum atomic E-state index is 5.86. The first-order chi connectivity index (χ1) is 6.18. The molecule has 0 saturated heterocycles. The second kappa shape index (κ2) is 5.51. The summed E-state index contributed by atoms with van der Waals surface area (Å²) < 4.78 is 0. The normalized spacial score (nSPS) is 12.8. The molecule has 0 radical (unpaired) electrons. The minimum atomic E-state index is 0.277.